The molecule has 0 bridgehead atoms. The van der Waals surface area contributed by atoms with Crippen molar-refractivity contribution in [3.05, 3.63) is 120 Å². The number of carbonyl (C=O) groups excluding carboxylic acids is 1. The number of hydrogen-bond acceptors (Lipinski definition) is 6. The molecule has 0 aliphatic heterocycles. The van der Waals surface area contributed by atoms with E-state index in [1.165, 1.54) is 11.1 Å². The van der Waals surface area contributed by atoms with Gasteiger partial charge in [0.2, 0.25) is 0 Å². The van der Waals surface area contributed by atoms with Crippen LogP contribution in [-0.4, -0.2) is 38.4 Å². The SMILES string of the molecule is C/C(C(=O)Nc1ccc(Cc2cc3cn[nH]c3cc2-c2ccncc2)c(F)c1)=C(/C)N(C)N(O)c1ccccc1. The molecule has 3 N–H and O–H groups in total. The van der Waals surface area contributed by atoms with Gasteiger partial charge in [-0.25, -0.2) is 4.39 Å². The second-order valence-corrected chi connectivity index (χ2v) is 9.50. The zero-order valence-electron chi connectivity index (χ0n) is 22.4. The maximum Gasteiger partial charge on any atom is 0.253 e. The van der Waals surface area contributed by atoms with Crippen LogP contribution in [0, 0.1) is 5.82 Å². The van der Waals surface area contributed by atoms with E-state index in [4.69, 9.17) is 0 Å². The molecule has 0 aliphatic rings. The summed E-state index contributed by atoms with van der Waals surface area (Å²) in [4.78, 5) is 17.1. The van der Waals surface area contributed by atoms with Gasteiger partial charge in [0.05, 0.1) is 17.4 Å². The first-order chi connectivity index (χ1) is 19.3. The monoisotopic (exact) mass is 536 g/mol. The average Bonchev–Trinajstić information content (AvgIpc) is 3.45. The molecule has 5 rings (SSSR count). The van der Waals surface area contributed by atoms with Crippen LogP contribution in [0.4, 0.5) is 15.8 Å². The molecule has 8 nitrogen and oxygen atoms in total. The molecule has 0 radical (unpaired) electrons. The number of amides is 1. The summed E-state index contributed by atoms with van der Waals surface area (Å²) >= 11 is 0. The predicted octanol–water partition coefficient (Wildman–Crippen LogP) is 6.33. The Balaban J connectivity index is 1.35. The molecule has 3 aromatic carbocycles. The molecule has 202 valence electrons. The van der Waals surface area contributed by atoms with E-state index in [0.29, 0.717) is 34.6 Å². The summed E-state index contributed by atoms with van der Waals surface area (Å²) < 4.78 is 15.3. The van der Waals surface area contributed by atoms with Gasteiger partial charge in [-0.15, -0.1) is 0 Å². The number of anilines is 2. The summed E-state index contributed by atoms with van der Waals surface area (Å²) in [5.41, 5.74) is 6.06. The number of carbonyl (C=O) groups is 1. The summed E-state index contributed by atoms with van der Waals surface area (Å²) in [5, 5.41) is 23.8. The van der Waals surface area contributed by atoms with E-state index >= 15 is 4.39 Å². The largest absolute Gasteiger partial charge is 0.322 e. The van der Waals surface area contributed by atoms with Gasteiger partial charge in [0, 0.05) is 48.2 Å². The number of nitrogens with zero attached hydrogens (tertiary/aromatic N) is 4. The van der Waals surface area contributed by atoms with Crippen molar-refractivity contribution >= 4 is 28.2 Å². The number of aromatic nitrogens is 3. The lowest BCUT2D eigenvalue weighted by Gasteiger charge is -2.30. The Morgan fingerprint density at radius 3 is 2.48 bits per heavy atom. The standard InChI is InChI=1S/C31H29FN6O2/c1-20(21(2)37(3)38(40)27-7-5-4-6-8-27)31(39)35-26-10-9-23(29(32)17-26)15-24-16-25-19-34-36-30(25)18-28(24)22-11-13-33-14-12-22/h4-14,16-19,40H,15H2,1-3H3,(H,34,36)(H,35,39)/b21-20+. The molecule has 0 spiro atoms. The summed E-state index contributed by atoms with van der Waals surface area (Å²) in [5.74, 6) is -0.824. The number of pyridine rings is 1. The van der Waals surface area contributed by atoms with Crippen LogP contribution in [0.2, 0.25) is 0 Å². The molecule has 2 aromatic heterocycles. The number of halogens is 1. The van der Waals surface area contributed by atoms with Crippen LogP contribution in [0.25, 0.3) is 22.0 Å². The molecule has 0 atom stereocenters. The van der Waals surface area contributed by atoms with E-state index in [-0.39, 0.29) is 0 Å². The van der Waals surface area contributed by atoms with Crippen molar-refractivity contribution in [3.63, 3.8) is 0 Å². The Bertz CT molecular complexity index is 1680. The molecule has 40 heavy (non-hydrogen) atoms. The van der Waals surface area contributed by atoms with Crippen LogP contribution in [0.15, 0.2) is 103 Å². The van der Waals surface area contributed by atoms with Crippen molar-refractivity contribution in [1.29, 1.82) is 0 Å². The molecule has 0 unspecified atom stereocenters. The first-order valence-corrected chi connectivity index (χ1v) is 12.7. The van der Waals surface area contributed by atoms with E-state index in [1.807, 2.05) is 30.3 Å². The molecular formula is C31H29FN6O2. The van der Waals surface area contributed by atoms with E-state index in [2.05, 4.69) is 20.5 Å². The number of benzene rings is 3. The van der Waals surface area contributed by atoms with E-state index in [0.717, 1.165) is 32.8 Å². The Labute approximate surface area is 231 Å². The number of nitrogens with one attached hydrogen (secondary N) is 2. The number of hydrogen-bond donors (Lipinski definition) is 3. The average molecular weight is 537 g/mol. The molecule has 9 heteroatoms. The van der Waals surface area contributed by atoms with Crippen molar-refractivity contribution < 1.29 is 14.4 Å². The maximum atomic E-state index is 15.3. The third-order valence-electron chi connectivity index (χ3n) is 6.99. The minimum atomic E-state index is -0.424. The fourth-order valence-electron chi connectivity index (χ4n) is 4.47. The highest BCUT2D eigenvalue weighted by atomic mass is 19.1. The Hall–Kier alpha value is -5.02. The van der Waals surface area contributed by atoms with Crippen LogP contribution in [0.3, 0.4) is 0 Å². The number of fused-ring (bicyclic) bond motifs is 1. The summed E-state index contributed by atoms with van der Waals surface area (Å²) in [7, 11) is 1.65. The number of rotatable bonds is 8. The highest BCUT2D eigenvalue weighted by Gasteiger charge is 2.17. The van der Waals surface area contributed by atoms with Gasteiger partial charge in [-0.3, -0.25) is 25.1 Å². The Kier molecular flexibility index (Phi) is 7.56. The van der Waals surface area contributed by atoms with Gasteiger partial charge in [0.15, 0.2) is 0 Å². The van der Waals surface area contributed by atoms with Gasteiger partial charge in [-0.1, -0.05) is 24.3 Å². The van der Waals surface area contributed by atoms with E-state index in [9.17, 15) is 10.0 Å². The highest BCUT2D eigenvalue weighted by molar-refractivity contribution is 6.03. The number of allylic oxidation sites excluding steroid dienone is 1. The minimum Gasteiger partial charge on any atom is -0.322 e. The fraction of sp³-hybridized carbons (Fsp3) is 0.129. The molecule has 0 fully saturated rings. The predicted molar refractivity (Wildman–Crippen MR) is 154 cm³/mol. The lowest BCUT2D eigenvalue weighted by Crippen LogP contribution is -2.37. The minimum absolute atomic E-state index is 0.338. The number of para-hydroxylation sites is 1. The highest BCUT2D eigenvalue weighted by Crippen LogP contribution is 2.30. The lowest BCUT2D eigenvalue weighted by atomic mass is 9.94. The normalized spacial score (nSPS) is 11.7. The fourth-order valence-corrected chi connectivity index (χ4v) is 4.47. The summed E-state index contributed by atoms with van der Waals surface area (Å²) in [6.45, 7) is 3.37. The quantitative estimate of drug-likeness (QED) is 0.158. The van der Waals surface area contributed by atoms with Crippen LogP contribution in [0.5, 0.6) is 0 Å². The topological polar surface area (TPSA) is 97.4 Å². The van der Waals surface area contributed by atoms with E-state index in [1.54, 1.807) is 75.9 Å². The second-order valence-electron chi connectivity index (χ2n) is 9.50. The van der Waals surface area contributed by atoms with Gasteiger partial charge in [-0.2, -0.15) is 10.3 Å². The van der Waals surface area contributed by atoms with Crippen molar-refractivity contribution in [2.45, 2.75) is 20.3 Å². The van der Waals surface area contributed by atoms with Gasteiger partial charge in [0.25, 0.3) is 5.91 Å². The van der Waals surface area contributed by atoms with Crippen molar-refractivity contribution in [2.75, 3.05) is 17.5 Å². The number of H-pyrrole nitrogens is 1. The van der Waals surface area contributed by atoms with Crippen molar-refractivity contribution in [2.24, 2.45) is 0 Å². The van der Waals surface area contributed by atoms with Gasteiger partial charge >= 0.3 is 0 Å². The first kappa shape index (κ1) is 26.6. The Morgan fingerprint density at radius 2 is 1.75 bits per heavy atom. The lowest BCUT2D eigenvalue weighted by molar-refractivity contribution is -0.113. The van der Waals surface area contributed by atoms with Crippen LogP contribution < -0.4 is 10.5 Å². The first-order valence-electron chi connectivity index (χ1n) is 12.7. The van der Waals surface area contributed by atoms with Gasteiger partial charge in [-0.05, 0) is 84.6 Å². The zero-order valence-corrected chi connectivity index (χ0v) is 22.4. The van der Waals surface area contributed by atoms with Gasteiger partial charge in [0.1, 0.15) is 5.82 Å². The maximum absolute atomic E-state index is 15.3. The van der Waals surface area contributed by atoms with Crippen LogP contribution >= 0.6 is 0 Å². The summed E-state index contributed by atoms with van der Waals surface area (Å²) in [6.07, 6.45) is 5.55. The zero-order chi connectivity index (χ0) is 28.2. The molecule has 2 heterocycles. The van der Waals surface area contributed by atoms with Crippen molar-refractivity contribution in [3.8, 4) is 11.1 Å². The Morgan fingerprint density at radius 1 is 1.00 bits per heavy atom. The van der Waals surface area contributed by atoms with Crippen LogP contribution in [-0.2, 0) is 11.2 Å². The molecule has 0 saturated carbocycles. The third-order valence-corrected chi connectivity index (χ3v) is 6.99. The van der Waals surface area contributed by atoms with E-state index < -0.39 is 11.7 Å². The third kappa shape index (κ3) is 5.55. The number of hydrazine groups is 1. The molecule has 1 amide bonds. The second kappa shape index (κ2) is 11.4. The number of aromatic amines is 1. The van der Waals surface area contributed by atoms with Crippen LogP contribution in [0.1, 0.15) is 25.0 Å². The van der Waals surface area contributed by atoms with Gasteiger partial charge < -0.3 is 5.32 Å². The van der Waals surface area contributed by atoms with Crippen molar-refractivity contribution in [1.82, 2.24) is 20.2 Å². The summed E-state index contributed by atoms with van der Waals surface area (Å²) in [6, 6.07) is 21.5. The molecular weight excluding hydrogens is 507 g/mol. The molecule has 0 saturated heterocycles. The smallest absolute Gasteiger partial charge is 0.253 e. The molecule has 0 aliphatic carbocycles. The molecule has 5 aromatic rings.